The molecule has 1 aliphatic rings. The molecule has 0 radical (unpaired) electrons. The lowest BCUT2D eigenvalue weighted by molar-refractivity contribution is 0.666. The second-order valence-corrected chi connectivity index (χ2v) is 13.4. The van der Waals surface area contributed by atoms with E-state index in [-0.39, 0.29) is 5.41 Å². The van der Waals surface area contributed by atoms with E-state index in [0.717, 1.165) is 39.0 Å². The Balaban J connectivity index is 1.24. The zero-order valence-corrected chi connectivity index (χ0v) is 26.8. The summed E-state index contributed by atoms with van der Waals surface area (Å²) in [6, 6.07) is 52.4. The largest absolute Gasteiger partial charge is 0.306 e. The van der Waals surface area contributed by atoms with E-state index in [1.54, 1.807) is 0 Å². The summed E-state index contributed by atoms with van der Waals surface area (Å²) in [5.41, 5.74) is 12.8. The third-order valence-corrected chi connectivity index (χ3v) is 10.4. The van der Waals surface area contributed by atoms with Crippen molar-refractivity contribution >= 4 is 43.5 Å². The minimum atomic E-state index is -0.187. The lowest BCUT2D eigenvalue weighted by Crippen LogP contribution is -2.15. The fourth-order valence-corrected chi connectivity index (χ4v) is 8.24. The van der Waals surface area contributed by atoms with E-state index < -0.39 is 0 Å². The smallest absolute Gasteiger partial charge is 0.160 e. The molecule has 1 aliphatic carbocycles. The van der Waals surface area contributed by atoms with Crippen LogP contribution in [0.4, 0.5) is 0 Å². The Morgan fingerprint density at radius 1 is 0.521 bits per heavy atom. The van der Waals surface area contributed by atoms with Crippen LogP contribution in [0.25, 0.3) is 82.8 Å². The number of aromatic nitrogens is 3. The summed E-state index contributed by atoms with van der Waals surface area (Å²) < 4.78 is 2.35. The van der Waals surface area contributed by atoms with E-state index in [4.69, 9.17) is 9.97 Å². The van der Waals surface area contributed by atoms with Gasteiger partial charge in [-0.2, -0.15) is 0 Å². The lowest BCUT2D eigenvalue weighted by Gasteiger charge is -2.22. The third kappa shape index (κ3) is 3.76. The molecule has 7 aromatic carbocycles. The Hall–Kier alpha value is -6.06. The summed E-state index contributed by atoms with van der Waals surface area (Å²) in [5.74, 6) is 0.746. The van der Waals surface area contributed by atoms with Gasteiger partial charge in [0.25, 0.3) is 0 Å². The van der Waals surface area contributed by atoms with E-state index in [0.29, 0.717) is 0 Å². The minimum Gasteiger partial charge on any atom is -0.306 e. The molecule has 48 heavy (non-hydrogen) atoms. The highest BCUT2D eigenvalue weighted by Gasteiger charge is 2.38. The van der Waals surface area contributed by atoms with E-state index in [1.807, 2.05) is 6.20 Å². The second-order valence-electron chi connectivity index (χ2n) is 13.4. The van der Waals surface area contributed by atoms with Gasteiger partial charge < -0.3 is 4.57 Å². The fourth-order valence-electron chi connectivity index (χ4n) is 8.24. The van der Waals surface area contributed by atoms with Crippen LogP contribution in [0.1, 0.15) is 25.0 Å². The summed E-state index contributed by atoms with van der Waals surface area (Å²) in [6.45, 7) is 4.71. The van der Waals surface area contributed by atoms with Crippen LogP contribution in [0, 0.1) is 0 Å². The highest BCUT2D eigenvalue weighted by atomic mass is 15.0. The summed E-state index contributed by atoms with van der Waals surface area (Å²) in [6.07, 6.45) is 2.03. The Morgan fingerprint density at radius 3 is 1.92 bits per heavy atom. The van der Waals surface area contributed by atoms with E-state index in [9.17, 15) is 0 Å². The summed E-state index contributed by atoms with van der Waals surface area (Å²) >= 11 is 0. The molecule has 0 fully saturated rings. The molecule has 2 aromatic heterocycles. The monoisotopic (exact) mass is 613 g/mol. The first-order chi connectivity index (χ1) is 23.6. The van der Waals surface area contributed by atoms with Gasteiger partial charge in [0.1, 0.15) is 5.52 Å². The van der Waals surface area contributed by atoms with Gasteiger partial charge in [0.2, 0.25) is 0 Å². The Kier molecular flexibility index (Phi) is 5.63. The zero-order chi connectivity index (χ0) is 32.0. The van der Waals surface area contributed by atoms with Crippen LogP contribution in [0.3, 0.4) is 0 Å². The number of rotatable bonds is 3. The molecule has 0 saturated heterocycles. The summed E-state index contributed by atoms with van der Waals surface area (Å²) in [5, 5.41) is 6.05. The molecular formula is C45H31N3. The highest BCUT2D eigenvalue weighted by Crippen LogP contribution is 2.53. The van der Waals surface area contributed by atoms with Gasteiger partial charge in [-0.3, -0.25) is 0 Å². The molecule has 0 amide bonds. The number of nitrogens with zero attached hydrogens (tertiary/aromatic N) is 3. The van der Waals surface area contributed by atoms with E-state index in [1.165, 1.54) is 54.9 Å². The molecule has 0 unspecified atom stereocenters. The molecule has 3 nitrogen and oxygen atoms in total. The number of hydrogen-bond acceptors (Lipinski definition) is 2. The van der Waals surface area contributed by atoms with Crippen LogP contribution in [0.5, 0.6) is 0 Å². The van der Waals surface area contributed by atoms with Crippen LogP contribution < -0.4 is 0 Å². The second kappa shape index (κ2) is 9.97. The van der Waals surface area contributed by atoms with Crippen LogP contribution in [0.15, 0.2) is 152 Å². The number of fused-ring (bicyclic) bond motifs is 9. The van der Waals surface area contributed by atoms with Crippen molar-refractivity contribution in [1.29, 1.82) is 0 Å². The predicted octanol–water partition coefficient (Wildman–Crippen LogP) is 11.5. The van der Waals surface area contributed by atoms with Gasteiger partial charge in [0.05, 0.1) is 17.2 Å². The van der Waals surface area contributed by atoms with Crippen molar-refractivity contribution in [2.45, 2.75) is 19.3 Å². The average Bonchev–Trinajstić information content (AvgIpc) is 3.59. The number of hydrogen-bond donors (Lipinski definition) is 0. The quantitative estimate of drug-likeness (QED) is 0.198. The molecule has 9 aromatic rings. The van der Waals surface area contributed by atoms with Crippen LogP contribution >= 0.6 is 0 Å². The van der Waals surface area contributed by atoms with Gasteiger partial charge in [-0.1, -0.05) is 141 Å². The molecule has 0 N–H and O–H groups in total. The van der Waals surface area contributed by atoms with Gasteiger partial charge in [-0.25, -0.2) is 9.97 Å². The molecular weight excluding hydrogens is 583 g/mol. The molecule has 0 bridgehead atoms. The first kappa shape index (κ1) is 27.1. The maximum absolute atomic E-state index is 5.44. The lowest BCUT2D eigenvalue weighted by atomic mass is 9.81. The van der Waals surface area contributed by atoms with Crippen molar-refractivity contribution in [3.05, 3.63) is 163 Å². The predicted molar refractivity (Wildman–Crippen MR) is 200 cm³/mol. The van der Waals surface area contributed by atoms with Crippen molar-refractivity contribution in [2.24, 2.45) is 0 Å². The average molecular weight is 614 g/mol. The standard InChI is InChI=1S/C45H31N3/c1-45(2)38-20-8-7-17-35(38)36-25-26-39-41(42(36)45)43-40(27-46-44(47-43)37-19-10-14-29-12-4-6-16-34(29)37)48(39)31-23-21-30(22-24-31)33-18-9-13-28-11-3-5-15-32(28)33/h3-27H,1-2H3. The maximum Gasteiger partial charge on any atom is 0.160 e. The van der Waals surface area contributed by atoms with Crippen molar-refractivity contribution < 1.29 is 0 Å². The van der Waals surface area contributed by atoms with Gasteiger partial charge in [-0.15, -0.1) is 0 Å². The SMILES string of the molecule is CC1(C)c2ccccc2-c2ccc3c(c21)c1nc(-c2cccc4ccccc24)ncc1n3-c1ccc(-c2cccc3ccccc23)cc1. The maximum atomic E-state index is 5.44. The normalized spacial score (nSPS) is 13.4. The van der Waals surface area contributed by atoms with Crippen LogP contribution in [-0.4, -0.2) is 14.5 Å². The molecule has 10 rings (SSSR count). The van der Waals surface area contributed by atoms with E-state index >= 15 is 0 Å². The fraction of sp³-hybridized carbons (Fsp3) is 0.0667. The Morgan fingerprint density at radius 2 is 1.15 bits per heavy atom. The summed E-state index contributed by atoms with van der Waals surface area (Å²) in [7, 11) is 0. The van der Waals surface area contributed by atoms with Gasteiger partial charge in [0, 0.05) is 22.1 Å². The Bertz CT molecular complexity index is 2740. The summed E-state index contributed by atoms with van der Waals surface area (Å²) in [4.78, 5) is 10.5. The topological polar surface area (TPSA) is 30.7 Å². The van der Waals surface area contributed by atoms with Crippen molar-refractivity contribution in [3.8, 4) is 39.3 Å². The molecule has 3 heteroatoms. The molecule has 226 valence electrons. The Labute approximate surface area is 278 Å². The minimum absolute atomic E-state index is 0.187. The molecule has 0 saturated carbocycles. The van der Waals surface area contributed by atoms with Crippen molar-refractivity contribution in [2.75, 3.05) is 0 Å². The molecule has 0 spiro atoms. The first-order valence-electron chi connectivity index (χ1n) is 16.6. The van der Waals surface area contributed by atoms with E-state index in [2.05, 4.69) is 164 Å². The molecule has 0 aliphatic heterocycles. The van der Waals surface area contributed by atoms with Gasteiger partial charge >= 0.3 is 0 Å². The van der Waals surface area contributed by atoms with Gasteiger partial charge in [0.15, 0.2) is 5.82 Å². The van der Waals surface area contributed by atoms with Crippen molar-refractivity contribution in [3.63, 3.8) is 0 Å². The zero-order valence-electron chi connectivity index (χ0n) is 26.8. The van der Waals surface area contributed by atoms with Gasteiger partial charge in [-0.05, 0) is 73.1 Å². The highest BCUT2D eigenvalue weighted by molar-refractivity contribution is 6.13. The van der Waals surface area contributed by atoms with Crippen molar-refractivity contribution in [1.82, 2.24) is 14.5 Å². The van der Waals surface area contributed by atoms with Crippen LogP contribution in [-0.2, 0) is 5.41 Å². The first-order valence-corrected chi connectivity index (χ1v) is 16.6. The molecule has 0 atom stereocenters. The van der Waals surface area contributed by atoms with Crippen LogP contribution in [0.2, 0.25) is 0 Å². The third-order valence-electron chi connectivity index (χ3n) is 10.4. The number of benzene rings is 7. The molecule has 2 heterocycles.